The molecule has 20 heavy (non-hydrogen) atoms. The van der Waals surface area contributed by atoms with Gasteiger partial charge in [0.1, 0.15) is 0 Å². The molecule has 0 fully saturated rings. The van der Waals surface area contributed by atoms with Gasteiger partial charge in [-0.05, 0) is 42.8 Å². The molecule has 0 saturated carbocycles. The van der Waals surface area contributed by atoms with Gasteiger partial charge in [0.2, 0.25) is 5.91 Å². The third kappa shape index (κ3) is 3.60. The van der Waals surface area contributed by atoms with Crippen LogP contribution in [0.1, 0.15) is 19.4 Å². The zero-order valence-electron chi connectivity index (χ0n) is 12.1. The van der Waals surface area contributed by atoms with Crippen molar-refractivity contribution in [1.82, 2.24) is 0 Å². The first-order valence-corrected chi connectivity index (χ1v) is 6.80. The molecule has 0 aromatic heterocycles. The van der Waals surface area contributed by atoms with Crippen molar-refractivity contribution in [3.8, 4) is 0 Å². The number of nitrogens with one attached hydrogen (secondary N) is 2. The van der Waals surface area contributed by atoms with Gasteiger partial charge in [-0.15, -0.1) is 0 Å². The molecule has 0 bridgehead atoms. The van der Waals surface area contributed by atoms with Crippen LogP contribution in [-0.2, 0) is 4.79 Å². The quantitative estimate of drug-likeness (QED) is 0.866. The highest BCUT2D eigenvalue weighted by Crippen LogP contribution is 2.21. The summed E-state index contributed by atoms with van der Waals surface area (Å²) in [6.45, 7) is 5.83. The van der Waals surface area contributed by atoms with Gasteiger partial charge >= 0.3 is 0 Å². The molecule has 0 unspecified atom stereocenters. The van der Waals surface area contributed by atoms with E-state index in [4.69, 9.17) is 0 Å². The number of anilines is 3. The fraction of sp³-hybridized carbons (Fsp3) is 0.235. The van der Waals surface area contributed by atoms with Crippen LogP contribution < -0.4 is 10.6 Å². The second kappa shape index (κ2) is 6.24. The number of benzene rings is 2. The standard InChI is InChI=1S/C17H20N2O/c1-12(2)17(20)19-15-10-8-14(9-11-15)18-16-7-5-4-6-13(16)3/h4-12,18H,1-3H3,(H,19,20). The molecule has 2 rings (SSSR count). The van der Waals surface area contributed by atoms with Crippen LogP contribution in [0.5, 0.6) is 0 Å². The van der Waals surface area contributed by atoms with Gasteiger partial charge in [-0.1, -0.05) is 32.0 Å². The minimum absolute atomic E-state index is 0.0141. The molecule has 3 heteroatoms. The van der Waals surface area contributed by atoms with Gasteiger partial charge in [-0.2, -0.15) is 0 Å². The van der Waals surface area contributed by atoms with Crippen molar-refractivity contribution < 1.29 is 4.79 Å². The van der Waals surface area contributed by atoms with E-state index in [1.807, 2.05) is 56.3 Å². The predicted molar refractivity (Wildman–Crippen MR) is 84.4 cm³/mol. The minimum Gasteiger partial charge on any atom is -0.355 e. The van der Waals surface area contributed by atoms with Crippen molar-refractivity contribution in [1.29, 1.82) is 0 Å². The lowest BCUT2D eigenvalue weighted by atomic mass is 10.2. The van der Waals surface area contributed by atoms with Crippen LogP contribution in [0, 0.1) is 12.8 Å². The molecule has 1 amide bonds. The second-order valence-corrected chi connectivity index (χ2v) is 5.16. The number of hydrogen-bond donors (Lipinski definition) is 2. The molecular formula is C17H20N2O. The van der Waals surface area contributed by atoms with E-state index in [0.29, 0.717) is 0 Å². The van der Waals surface area contributed by atoms with Gasteiger partial charge in [-0.25, -0.2) is 0 Å². The summed E-state index contributed by atoms with van der Waals surface area (Å²) in [5.74, 6) is 0.0179. The monoisotopic (exact) mass is 268 g/mol. The van der Waals surface area contributed by atoms with E-state index >= 15 is 0 Å². The SMILES string of the molecule is Cc1ccccc1Nc1ccc(NC(=O)C(C)C)cc1. The van der Waals surface area contributed by atoms with Crippen LogP contribution in [0.4, 0.5) is 17.1 Å². The van der Waals surface area contributed by atoms with E-state index in [1.54, 1.807) is 0 Å². The molecule has 0 radical (unpaired) electrons. The summed E-state index contributed by atoms with van der Waals surface area (Å²) < 4.78 is 0. The van der Waals surface area contributed by atoms with E-state index < -0.39 is 0 Å². The van der Waals surface area contributed by atoms with Crippen molar-refractivity contribution in [2.75, 3.05) is 10.6 Å². The summed E-state index contributed by atoms with van der Waals surface area (Å²) in [7, 11) is 0. The van der Waals surface area contributed by atoms with Crippen LogP contribution in [0.15, 0.2) is 48.5 Å². The molecule has 2 aromatic rings. The molecule has 104 valence electrons. The Bertz CT molecular complexity index is 588. The third-order valence-electron chi connectivity index (χ3n) is 3.10. The number of carbonyl (C=O) groups excluding carboxylic acids is 1. The topological polar surface area (TPSA) is 41.1 Å². The Kier molecular flexibility index (Phi) is 4.41. The molecule has 2 aromatic carbocycles. The number of para-hydroxylation sites is 1. The smallest absolute Gasteiger partial charge is 0.226 e. The summed E-state index contributed by atoms with van der Waals surface area (Å²) in [6.07, 6.45) is 0. The highest BCUT2D eigenvalue weighted by molar-refractivity contribution is 5.92. The maximum Gasteiger partial charge on any atom is 0.226 e. The van der Waals surface area contributed by atoms with Gasteiger partial charge in [-0.3, -0.25) is 4.79 Å². The maximum absolute atomic E-state index is 11.6. The lowest BCUT2D eigenvalue weighted by Gasteiger charge is -2.11. The lowest BCUT2D eigenvalue weighted by molar-refractivity contribution is -0.118. The third-order valence-corrected chi connectivity index (χ3v) is 3.10. The normalized spacial score (nSPS) is 10.4. The van der Waals surface area contributed by atoms with Gasteiger partial charge in [0.25, 0.3) is 0 Å². The Morgan fingerprint density at radius 2 is 1.55 bits per heavy atom. The maximum atomic E-state index is 11.6. The molecule has 0 aliphatic rings. The molecule has 0 aliphatic heterocycles. The van der Waals surface area contributed by atoms with Crippen molar-refractivity contribution in [3.63, 3.8) is 0 Å². The first kappa shape index (κ1) is 14.1. The fourth-order valence-electron chi connectivity index (χ4n) is 1.79. The van der Waals surface area contributed by atoms with Crippen LogP contribution in [0.25, 0.3) is 0 Å². The molecule has 2 N–H and O–H groups in total. The average Bonchev–Trinajstić information content (AvgIpc) is 2.43. The molecule has 0 spiro atoms. The second-order valence-electron chi connectivity index (χ2n) is 5.16. The number of rotatable bonds is 4. The number of carbonyl (C=O) groups is 1. The average molecular weight is 268 g/mol. The Hall–Kier alpha value is -2.29. The van der Waals surface area contributed by atoms with Crippen LogP contribution in [-0.4, -0.2) is 5.91 Å². The highest BCUT2D eigenvalue weighted by Gasteiger charge is 2.06. The molecule has 0 heterocycles. The molecule has 0 aliphatic carbocycles. The van der Waals surface area contributed by atoms with Gasteiger partial charge in [0, 0.05) is 23.0 Å². The predicted octanol–water partition coefficient (Wildman–Crippen LogP) is 4.33. The highest BCUT2D eigenvalue weighted by atomic mass is 16.1. The first-order chi connectivity index (χ1) is 9.56. The number of hydrogen-bond acceptors (Lipinski definition) is 2. The van der Waals surface area contributed by atoms with Crippen molar-refractivity contribution in [2.45, 2.75) is 20.8 Å². The van der Waals surface area contributed by atoms with Gasteiger partial charge < -0.3 is 10.6 Å². The van der Waals surface area contributed by atoms with Crippen molar-refractivity contribution in [2.24, 2.45) is 5.92 Å². The van der Waals surface area contributed by atoms with Crippen LogP contribution in [0.2, 0.25) is 0 Å². The minimum atomic E-state index is -0.0141. The van der Waals surface area contributed by atoms with Crippen molar-refractivity contribution in [3.05, 3.63) is 54.1 Å². The zero-order chi connectivity index (χ0) is 14.5. The van der Waals surface area contributed by atoms with Crippen LogP contribution >= 0.6 is 0 Å². The zero-order valence-corrected chi connectivity index (χ0v) is 12.1. The first-order valence-electron chi connectivity index (χ1n) is 6.80. The van der Waals surface area contributed by atoms with Gasteiger partial charge in [0.15, 0.2) is 0 Å². The van der Waals surface area contributed by atoms with Crippen LogP contribution in [0.3, 0.4) is 0 Å². The Labute approximate surface area is 120 Å². The molecule has 0 atom stereocenters. The molecule has 3 nitrogen and oxygen atoms in total. The summed E-state index contributed by atoms with van der Waals surface area (Å²) >= 11 is 0. The number of aryl methyl sites for hydroxylation is 1. The van der Waals surface area contributed by atoms with Gasteiger partial charge in [0.05, 0.1) is 0 Å². The number of amides is 1. The van der Waals surface area contributed by atoms with E-state index in [-0.39, 0.29) is 11.8 Å². The Morgan fingerprint density at radius 1 is 0.950 bits per heavy atom. The summed E-state index contributed by atoms with van der Waals surface area (Å²) in [6, 6.07) is 15.9. The largest absolute Gasteiger partial charge is 0.355 e. The molecule has 0 saturated heterocycles. The van der Waals surface area contributed by atoms with E-state index in [2.05, 4.69) is 23.6 Å². The fourth-order valence-corrected chi connectivity index (χ4v) is 1.79. The Morgan fingerprint density at radius 3 is 2.15 bits per heavy atom. The van der Waals surface area contributed by atoms with E-state index in [0.717, 1.165) is 17.1 Å². The Balaban J connectivity index is 2.05. The van der Waals surface area contributed by atoms with Crippen molar-refractivity contribution >= 4 is 23.0 Å². The van der Waals surface area contributed by atoms with E-state index in [9.17, 15) is 4.79 Å². The summed E-state index contributed by atoms with van der Waals surface area (Å²) in [4.78, 5) is 11.6. The summed E-state index contributed by atoms with van der Waals surface area (Å²) in [5.41, 5.74) is 4.11. The summed E-state index contributed by atoms with van der Waals surface area (Å²) in [5, 5.41) is 6.24. The molecular weight excluding hydrogens is 248 g/mol. The van der Waals surface area contributed by atoms with E-state index in [1.165, 1.54) is 5.56 Å². The lowest BCUT2D eigenvalue weighted by Crippen LogP contribution is -2.17.